The van der Waals surface area contributed by atoms with Gasteiger partial charge in [0.2, 0.25) is 0 Å². The maximum Gasteiger partial charge on any atom is 0.180 e. The van der Waals surface area contributed by atoms with Crippen molar-refractivity contribution >= 4 is 15.7 Å². The summed E-state index contributed by atoms with van der Waals surface area (Å²) in [6, 6.07) is 0. The predicted molar refractivity (Wildman–Crippen MR) is 67.3 cm³/mol. The van der Waals surface area contributed by atoms with Gasteiger partial charge in [-0.15, -0.1) is 0 Å². The third-order valence-corrected chi connectivity index (χ3v) is 3.89. The van der Waals surface area contributed by atoms with E-state index in [0.717, 1.165) is 25.7 Å². The number of anilines is 1. The predicted octanol–water partition coefficient (Wildman–Crippen LogP) is 0.779. The van der Waals surface area contributed by atoms with E-state index in [9.17, 15) is 8.42 Å². The van der Waals surface area contributed by atoms with E-state index in [0.29, 0.717) is 18.2 Å². The molecule has 1 unspecified atom stereocenters. The van der Waals surface area contributed by atoms with E-state index < -0.39 is 9.84 Å². The van der Waals surface area contributed by atoms with Crippen molar-refractivity contribution in [3.8, 4) is 0 Å². The second-order valence-electron chi connectivity index (χ2n) is 4.42. The van der Waals surface area contributed by atoms with Crippen LogP contribution in [-0.4, -0.2) is 43.9 Å². The van der Waals surface area contributed by atoms with Crippen molar-refractivity contribution in [1.29, 1.82) is 0 Å². The fourth-order valence-electron chi connectivity index (χ4n) is 1.87. The van der Waals surface area contributed by atoms with Crippen LogP contribution in [0.5, 0.6) is 0 Å². The van der Waals surface area contributed by atoms with E-state index in [2.05, 4.69) is 15.3 Å². The zero-order valence-electron chi connectivity index (χ0n) is 10.5. The van der Waals surface area contributed by atoms with E-state index in [-0.39, 0.29) is 11.0 Å². The number of hydrogen-bond donors (Lipinski definition) is 1. The summed E-state index contributed by atoms with van der Waals surface area (Å²) in [5.74, 6) is 0.901. The molecule has 18 heavy (non-hydrogen) atoms. The van der Waals surface area contributed by atoms with Crippen LogP contribution >= 0.6 is 0 Å². The van der Waals surface area contributed by atoms with Crippen molar-refractivity contribution in [3.05, 3.63) is 12.0 Å². The Balaban J connectivity index is 2.17. The van der Waals surface area contributed by atoms with Crippen LogP contribution in [0, 0.1) is 6.92 Å². The molecule has 1 N–H and O–H groups in total. The van der Waals surface area contributed by atoms with Crippen LogP contribution in [0.4, 0.5) is 5.82 Å². The molecule has 1 aliphatic heterocycles. The average Bonchev–Trinajstić information content (AvgIpc) is 2.77. The maximum absolute atomic E-state index is 11.6. The van der Waals surface area contributed by atoms with Crippen molar-refractivity contribution in [3.63, 3.8) is 0 Å². The van der Waals surface area contributed by atoms with E-state index in [1.165, 1.54) is 6.20 Å². The number of aromatic nitrogens is 2. The zero-order chi connectivity index (χ0) is 13.2. The van der Waals surface area contributed by atoms with Crippen molar-refractivity contribution < 1.29 is 13.2 Å². The Labute approximate surface area is 107 Å². The van der Waals surface area contributed by atoms with Crippen LogP contribution in [0.25, 0.3) is 0 Å². The average molecular weight is 271 g/mol. The van der Waals surface area contributed by atoms with Crippen molar-refractivity contribution in [2.24, 2.45) is 0 Å². The lowest BCUT2D eigenvalue weighted by molar-refractivity contribution is 0.120. The SMILES string of the molecule is Cc1ncc(S(C)(=O)=O)c(NCC2CCCO2)n1. The summed E-state index contributed by atoms with van der Waals surface area (Å²) in [5, 5.41) is 3.05. The largest absolute Gasteiger partial charge is 0.376 e. The Bertz CT molecular complexity index is 524. The van der Waals surface area contributed by atoms with Crippen LogP contribution < -0.4 is 5.32 Å². The molecule has 1 aromatic rings. The Morgan fingerprint density at radius 2 is 2.33 bits per heavy atom. The molecule has 1 aromatic heterocycles. The smallest absolute Gasteiger partial charge is 0.180 e. The lowest BCUT2D eigenvalue weighted by Gasteiger charge is -2.13. The Hall–Kier alpha value is -1.21. The summed E-state index contributed by atoms with van der Waals surface area (Å²) in [7, 11) is -3.32. The Morgan fingerprint density at radius 1 is 1.56 bits per heavy atom. The Kier molecular flexibility index (Phi) is 3.82. The molecule has 1 saturated heterocycles. The molecule has 0 radical (unpaired) electrons. The van der Waals surface area contributed by atoms with Gasteiger partial charge in [-0.25, -0.2) is 18.4 Å². The molecule has 0 aliphatic carbocycles. The summed E-state index contributed by atoms with van der Waals surface area (Å²) in [6.45, 7) is 3.07. The van der Waals surface area contributed by atoms with E-state index >= 15 is 0 Å². The molecule has 0 saturated carbocycles. The summed E-state index contributed by atoms with van der Waals surface area (Å²) in [6.07, 6.45) is 4.67. The number of hydrogen-bond acceptors (Lipinski definition) is 6. The van der Waals surface area contributed by atoms with Crippen molar-refractivity contribution in [2.45, 2.75) is 30.8 Å². The highest BCUT2D eigenvalue weighted by Gasteiger charge is 2.19. The highest BCUT2D eigenvalue weighted by Crippen LogP contribution is 2.19. The lowest BCUT2D eigenvalue weighted by atomic mass is 10.2. The molecule has 0 spiro atoms. The van der Waals surface area contributed by atoms with Gasteiger partial charge >= 0.3 is 0 Å². The van der Waals surface area contributed by atoms with Gasteiger partial charge in [0, 0.05) is 19.4 Å². The molecule has 0 aromatic carbocycles. The highest BCUT2D eigenvalue weighted by atomic mass is 32.2. The third-order valence-electron chi connectivity index (χ3n) is 2.80. The van der Waals surface area contributed by atoms with Crippen molar-refractivity contribution in [1.82, 2.24) is 9.97 Å². The van der Waals surface area contributed by atoms with Gasteiger partial charge in [0.05, 0.1) is 12.3 Å². The van der Waals surface area contributed by atoms with Crippen LogP contribution in [0.15, 0.2) is 11.1 Å². The monoisotopic (exact) mass is 271 g/mol. The van der Waals surface area contributed by atoms with Gasteiger partial charge in [0.25, 0.3) is 0 Å². The number of rotatable bonds is 4. The number of sulfone groups is 1. The van der Waals surface area contributed by atoms with Gasteiger partial charge in [-0.3, -0.25) is 0 Å². The van der Waals surface area contributed by atoms with E-state index in [1.807, 2.05) is 0 Å². The molecule has 1 atom stereocenters. The molecule has 7 heteroatoms. The molecule has 2 rings (SSSR count). The van der Waals surface area contributed by atoms with Crippen LogP contribution in [0.2, 0.25) is 0 Å². The number of nitrogens with one attached hydrogen (secondary N) is 1. The first-order valence-corrected chi connectivity index (χ1v) is 7.75. The normalized spacial score (nSPS) is 20.0. The molecule has 0 amide bonds. The minimum absolute atomic E-state index is 0.131. The Morgan fingerprint density at radius 3 is 2.94 bits per heavy atom. The second kappa shape index (κ2) is 5.19. The zero-order valence-corrected chi connectivity index (χ0v) is 11.3. The fraction of sp³-hybridized carbons (Fsp3) is 0.636. The number of ether oxygens (including phenoxy) is 1. The topological polar surface area (TPSA) is 81.2 Å². The lowest BCUT2D eigenvalue weighted by Crippen LogP contribution is -2.20. The van der Waals surface area contributed by atoms with Gasteiger partial charge in [-0.1, -0.05) is 0 Å². The van der Waals surface area contributed by atoms with Crippen LogP contribution in [-0.2, 0) is 14.6 Å². The number of aryl methyl sites for hydroxylation is 1. The molecule has 6 nitrogen and oxygen atoms in total. The minimum Gasteiger partial charge on any atom is -0.376 e. The first-order valence-electron chi connectivity index (χ1n) is 5.86. The van der Waals surface area contributed by atoms with Crippen molar-refractivity contribution in [2.75, 3.05) is 24.7 Å². The molecule has 2 heterocycles. The summed E-state index contributed by atoms with van der Waals surface area (Å²) >= 11 is 0. The maximum atomic E-state index is 11.6. The van der Waals surface area contributed by atoms with Crippen LogP contribution in [0.1, 0.15) is 18.7 Å². The number of nitrogens with zero attached hydrogens (tertiary/aromatic N) is 2. The van der Waals surface area contributed by atoms with Gasteiger partial charge in [-0.05, 0) is 19.8 Å². The molecular formula is C11H17N3O3S. The van der Waals surface area contributed by atoms with E-state index in [1.54, 1.807) is 6.92 Å². The van der Waals surface area contributed by atoms with Gasteiger partial charge < -0.3 is 10.1 Å². The minimum atomic E-state index is -3.32. The molecule has 1 fully saturated rings. The molecular weight excluding hydrogens is 254 g/mol. The standard InChI is InChI=1S/C11H17N3O3S/c1-8-12-7-10(18(2,15)16)11(14-8)13-6-9-4-3-5-17-9/h7,9H,3-6H2,1-2H3,(H,12,13,14). The summed E-state index contributed by atoms with van der Waals surface area (Å²) in [4.78, 5) is 8.20. The quantitative estimate of drug-likeness (QED) is 0.871. The van der Waals surface area contributed by atoms with E-state index in [4.69, 9.17) is 4.74 Å². The molecule has 1 aliphatic rings. The van der Waals surface area contributed by atoms with Gasteiger partial charge in [0.15, 0.2) is 9.84 Å². The molecule has 0 bridgehead atoms. The summed E-state index contributed by atoms with van der Waals surface area (Å²) < 4.78 is 28.7. The van der Waals surface area contributed by atoms with Gasteiger partial charge in [0.1, 0.15) is 16.5 Å². The fourth-order valence-corrected chi connectivity index (χ4v) is 2.59. The first kappa shape index (κ1) is 13.2. The third kappa shape index (κ3) is 3.17. The summed E-state index contributed by atoms with van der Waals surface area (Å²) in [5.41, 5.74) is 0. The second-order valence-corrected chi connectivity index (χ2v) is 6.40. The van der Waals surface area contributed by atoms with Gasteiger partial charge in [-0.2, -0.15) is 0 Å². The first-order chi connectivity index (χ1) is 8.47. The highest BCUT2D eigenvalue weighted by molar-refractivity contribution is 7.90. The molecule has 100 valence electrons. The van der Waals surface area contributed by atoms with Crippen LogP contribution in [0.3, 0.4) is 0 Å².